The number of aldehydes is 1. The summed E-state index contributed by atoms with van der Waals surface area (Å²) in [7, 11) is 0. The molecule has 0 atom stereocenters. The van der Waals surface area contributed by atoms with Crippen molar-refractivity contribution in [2.45, 2.75) is 32.8 Å². The van der Waals surface area contributed by atoms with Crippen molar-refractivity contribution in [1.29, 1.82) is 0 Å². The standard InChI is InChI=1S/C7H13NO3/c1-7(2,3)11-6(8-10)4-5-9/h5,10H,4H2,1-3H3. The first kappa shape index (κ1) is 9.94. The highest BCUT2D eigenvalue weighted by atomic mass is 16.5. The fraction of sp³-hybridized carbons (Fsp3) is 0.714. The van der Waals surface area contributed by atoms with Crippen LogP contribution in [-0.2, 0) is 9.53 Å². The predicted octanol–water partition coefficient (Wildman–Crippen LogP) is 1.18. The van der Waals surface area contributed by atoms with Crippen LogP contribution in [-0.4, -0.2) is 23.0 Å². The molecule has 0 aliphatic heterocycles. The molecule has 0 aliphatic rings. The third kappa shape index (κ3) is 5.39. The summed E-state index contributed by atoms with van der Waals surface area (Å²) in [5.41, 5.74) is -0.426. The second-order valence-corrected chi connectivity index (χ2v) is 3.08. The van der Waals surface area contributed by atoms with Gasteiger partial charge in [-0.05, 0) is 20.8 Å². The van der Waals surface area contributed by atoms with Gasteiger partial charge < -0.3 is 14.7 Å². The zero-order chi connectivity index (χ0) is 8.91. The van der Waals surface area contributed by atoms with Crippen molar-refractivity contribution < 1.29 is 14.7 Å². The van der Waals surface area contributed by atoms with Gasteiger partial charge in [0.05, 0.1) is 6.42 Å². The lowest BCUT2D eigenvalue weighted by Gasteiger charge is -2.20. The average molecular weight is 159 g/mol. The second kappa shape index (κ2) is 3.95. The molecule has 0 spiro atoms. The first-order chi connectivity index (χ1) is 4.99. The minimum absolute atomic E-state index is 0.00771. The maximum Gasteiger partial charge on any atom is 0.233 e. The smallest absolute Gasteiger partial charge is 0.233 e. The lowest BCUT2D eigenvalue weighted by atomic mass is 10.2. The van der Waals surface area contributed by atoms with Gasteiger partial charge in [-0.3, -0.25) is 0 Å². The largest absolute Gasteiger partial charge is 0.473 e. The molecule has 4 heteroatoms. The molecule has 0 aromatic carbocycles. The molecule has 0 radical (unpaired) electrons. The Morgan fingerprint density at radius 2 is 2.18 bits per heavy atom. The van der Waals surface area contributed by atoms with Crippen LogP contribution in [0.25, 0.3) is 0 Å². The zero-order valence-corrected chi connectivity index (χ0v) is 7.00. The quantitative estimate of drug-likeness (QED) is 0.216. The highest BCUT2D eigenvalue weighted by Crippen LogP contribution is 2.08. The molecule has 0 heterocycles. The summed E-state index contributed by atoms with van der Waals surface area (Å²) in [6.07, 6.45) is 0.633. The lowest BCUT2D eigenvalue weighted by molar-refractivity contribution is -0.107. The van der Waals surface area contributed by atoms with E-state index in [4.69, 9.17) is 9.94 Å². The molecule has 0 aliphatic carbocycles. The molecule has 0 saturated carbocycles. The van der Waals surface area contributed by atoms with E-state index in [0.29, 0.717) is 6.29 Å². The molecule has 0 unspecified atom stereocenters. The number of ether oxygens (including phenoxy) is 1. The van der Waals surface area contributed by atoms with Gasteiger partial charge in [-0.15, -0.1) is 0 Å². The molecule has 0 aromatic rings. The first-order valence-electron chi connectivity index (χ1n) is 3.33. The molecule has 4 nitrogen and oxygen atoms in total. The van der Waals surface area contributed by atoms with Crippen LogP contribution in [0.5, 0.6) is 0 Å². The van der Waals surface area contributed by atoms with Gasteiger partial charge in [0.25, 0.3) is 0 Å². The van der Waals surface area contributed by atoms with E-state index < -0.39 is 5.60 Å². The Balaban J connectivity index is 4.00. The SMILES string of the molecule is CC(C)(C)OC(CC=O)=NO. The van der Waals surface area contributed by atoms with Crippen LogP contribution in [0.15, 0.2) is 5.16 Å². The van der Waals surface area contributed by atoms with E-state index in [-0.39, 0.29) is 12.3 Å². The minimum atomic E-state index is -0.426. The molecular formula is C7H13NO3. The van der Waals surface area contributed by atoms with E-state index in [2.05, 4.69) is 5.16 Å². The fourth-order valence-corrected chi connectivity index (χ4v) is 0.528. The summed E-state index contributed by atoms with van der Waals surface area (Å²) < 4.78 is 5.10. The average Bonchev–Trinajstić information content (AvgIpc) is 1.84. The Hall–Kier alpha value is -1.06. The predicted molar refractivity (Wildman–Crippen MR) is 40.7 cm³/mol. The Kier molecular flexibility index (Phi) is 3.57. The van der Waals surface area contributed by atoms with E-state index in [0.717, 1.165) is 0 Å². The molecule has 0 bridgehead atoms. The van der Waals surface area contributed by atoms with Crippen molar-refractivity contribution in [1.82, 2.24) is 0 Å². The molecule has 64 valence electrons. The van der Waals surface area contributed by atoms with Crippen LogP contribution >= 0.6 is 0 Å². The molecule has 0 rings (SSSR count). The monoisotopic (exact) mass is 159 g/mol. The highest BCUT2D eigenvalue weighted by molar-refractivity contribution is 5.87. The lowest BCUT2D eigenvalue weighted by Crippen LogP contribution is -2.24. The van der Waals surface area contributed by atoms with Crippen molar-refractivity contribution in [3.63, 3.8) is 0 Å². The molecule has 0 fully saturated rings. The Morgan fingerprint density at radius 1 is 1.64 bits per heavy atom. The van der Waals surface area contributed by atoms with Crippen LogP contribution in [0.3, 0.4) is 0 Å². The highest BCUT2D eigenvalue weighted by Gasteiger charge is 2.14. The topological polar surface area (TPSA) is 58.9 Å². The van der Waals surface area contributed by atoms with Gasteiger partial charge in [0.15, 0.2) is 0 Å². The zero-order valence-electron chi connectivity index (χ0n) is 7.00. The second-order valence-electron chi connectivity index (χ2n) is 3.08. The summed E-state index contributed by atoms with van der Waals surface area (Å²) in [5.74, 6) is 0.0486. The summed E-state index contributed by atoms with van der Waals surface area (Å²) in [6.45, 7) is 5.43. The Bertz CT molecular complexity index is 158. The number of hydrogen-bond acceptors (Lipinski definition) is 4. The number of nitrogens with zero attached hydrogens (tertiary/aromatic N) is 1. The third-order valence-electron chi connectivity index (χ3n) is 0.793. The van der Waals surface area contributed by atoms with Gasteiger partial charge in [-0.1, -0.05) is 5.16 Å². The number of oxime groups is 1. The van der Waals surface area contributed by atoms with Crippen LogP contribution in [0.4, 0.5) is 0 Å². The molecule has 0 aromatic heterocycles. The molecule has 1 N–H and O–H groups in total. The number of hydrogen-bond donors (Lipinski definition) is 1. The summed E-state index contributed by atoms with van der Waals surface area (Å²) in [4.78, 5) is 9.99. The molecule has 11 heavy (non-hydrogen) atoms. The molecular weight excluding hydrogens is 146 g/mol. The maximum atomic E-state index is 9.99. The van der Waals surface area contributed by atoms with Gasteiger partial charge in [-0.25, -0.2) is 0 Å². The van der Waals surface area contributed by atoms with Gasteiger partial charge in [-0.2, -0.15) is 0 Å². The number of carbonyl (C=O) groups is 1. The van der Waals surface area contributed by atoms with Gasteiger partial charge in [0.1, 0.15) is 11.9 Å². The van der Waals surface area contributed by atoms with Crippen LogP contribution < -0.4 is 0 Å². The molecule has 0 saturated heterocycles. The maximum absolute atomic E-state index is 9.99. The van der Waals surface area contributed by atoms with Crippen LogP contribution in [0, 0.1) is 0 Å². The normalized spacial score (nSPS) is 12.8. The van der Waals surface area contributed by atoms with E-state index >= 15 is 0 Å². The van der Waals surface area contributed by atoms with Gasteiger partial charge in [0, 0.05) is 0 Å². The van der Waals surface area contributed by atoms with Crippen molar-refractivity contribution in [2.75, 3.05) is 0 Å². The fourth-order valence-electron chi connectivity index (χ4n) is 0.528. The van der Waals surface area contributed by atoms with E-state index in [9.17, 15) is 4.79 Å². The minimum Gasteiger partial charge on any atom is -0.473 e. The van der Waals surface area contributed by atoms with Gasteiger partial charge in [0.2, 0.25) is 5.90 Å². The summed E-state index contributed by atoms with van der Waals surface area (Å²) in [6, 6.07) is 0. The van der Waals surface area contributed by atoms with Crippen molar-refractivity contribution in [3.8, 4) is 0 Å². The molecule has 0 amide bonds. The number of rotatable bonds is 2. The van der Waals surface area contributed by atoms with Gasteiger partial charge >= 0.3 is 0 Å². The Morgan fingerprint density at radius 3 is 2.45 bits per heavy atom. The third-order valence-corrected chi connectivity index (χ3v) is 0.793. The van der Waals surface area contributed by atoms with E-state index in [1.165, 1.54) is 0 Å². The Labute approximate surface area is 65.8 Å². The summed E-state index contributed by atoms with van der Waals surface area (Å²) in [5, 5.41) is 11.2. The van der Waals surface area contributed by atoms with Crippen LogP contribution in [0.1, 0.15) is 27.2 Å². The first-order valence-corrected chi connectivity index (χ1v) is 3.33. The van der Waals surface area contributed by atoms with Crippen molar-refractivity contribution in [2.24, 2.45) is 5.16 Å². The van der Waals surface area contributed by atoms with E-state index in [1.54, 1.807) is 0 Å². The summed E-state index contributed by atoms with van der Waals surface area (Å²) >= 11 is 0. The number of carbonyl (C=O) groups excluding carboxylic acids is 1. The van der Waals surface area contributed by atoms with Crippen molar-refractivity contribution in [3.05, 3.63) is 0 Å². The van der Waals surface area contributed by atoms with Crippen molar-refractivity contribution >= 4 is 12.2 Å². The van der Waals surface area contributed by atoms with Crippen LogP contribution in [0.2, 0.25) is 0 Å². The van der Waals surface area contributed by atoms with E-state index in [1.807, 2.05) is 20.8 Å².